The molecule has 0 aliphatic rings. The van der Waals surface area contributed by atoms with Crippen LogP contribution in [0.5, 0.6) is 0 Å². The lowest BCUT2D eigenvalue weighted by Gasteiger charge is -2.18. The molecule has 2 N–H and O–H groups in total. The average molecular weight is 258 g/mol. The summed E-state index contributed by atoms with van der Waals surface area (Å²) in [6.45, 7) is 4.23. The molecular weight excluding hydrogens is 242 g/mol. The summed E-state index contributed by atoms with van der Waals surface area (Å²) >= 11 is 3.40. The number of aliphatic hydroxyl groups is 1. The Morgan fingerprint density at radius 3 is 2.36 bits per heavy atom. The highest BCUT2D eigenvalue weighted by molar-refractivity contribution is 9.10. The van der Waals surface area contributed by atoms with Crippen LogP contribution in [0.2, 0.25) is 0 Å². The normalized spacial score (nSPS) is 15.1. The van der Waals surface area contributed by atoms with Gasteiger partial charge in [-0.3, -0.25) is 0 Å². The summed E-state index contributed by atoms with van der Waals surface area (Å²) in [4.78, 5) is 0. The Morgan fingerprint density at radius 2 is 1.86 bits per heavy atom. The SMILES string of the molecule is C[C@H](CO)N[C@@H](C)c1ccc(Br)cc1. The predicted molar refractivity (Wildman–Crippen MR) is 62.2 cm³/mol. The highest BCUT2D eigenvalue weighted by atomic mass is 79.9. The third kappa shape index (κ3) is 3.40. The lowest BCUT2D eigenvalue weighted by atomic mass is 10.1. The van der Waals surface area contributed by atoms with Crippen LogP contribution < -0.4 is 5.32 Å². The van der Waals surface area contributed by atoms with Crippen LogP contribution in [-0.2, 0) is 0 Å². The van der Waals surface area contributed by atoms with Crippen LogP contribution in [0, 0.1) is 0 Å². The van der Waals surface area contributed by atoms with Crippen molar-refractivity contribution in [2.24, 2.45) is 0 Å². The van der Waals surface area contributed by atoms with Crippen molar-refractivity contribution in [2.75, 3.05) is 6.61 Å². The molecule has 0 aromatic heterocycles. The summed E-state index contributed by atoms with van der Waals surface area (Å²) in [7, 11) is 0. The van der Waals surface area contributed by atoms with Crippen molar-refractivity contribution in [1.29, 1.82) is 0 Å². The fourth-order valence-electron chi connectivity index (χ4n) is 1.33. The highest BCUT2D eigenvalue weighted by Crippen LogP contribution is 2.16. The fourth-order valence-corrected chi connectivity index (χ4v) is 1.59. The van der Waals surface area contributed by atoms with Gasteiger partial charge in [-0.25, -0.2) is 0 Å². The summed E-state index contributed by atoms with van der Waals surface area (Å²) < 4.78 is 1.09. The van der Waals surface area contributed by atoms with E-state index in [4.69, 9.17) is 5.11 Å². The Bertz CT molecular complexity index is 273. The zero-order valence-electron chi connectivity index (χ0n) is 8.50. The van der Waals surface area contributed by atoms with E-state index in [2.05, 4.69) is 40.3 Å². The van der Waals surface area contributed by atoms with Crippen LogP contribution in [0.3, 0.4) is 0 Å². The molecule has 0 unspecified atom stereocenters. The number of benzene rings is 1. The second kappa shape index (κ2) is 5.49. The number of hydrogen-bond donors (Lipinski definition) is 2. The maximum atomic E-state index is 8.90. The van der Waals surface area contributed by atoms with Gasteiger partial charge in [0.05, 0.1) is 6.61 Å². The minimum atomic E-state index is 0.133. The van der Waals surface area contributed by atoms with Gasteiger partial charge in [-0.05, 0) is 31.5 Å². The van der Waals surface area contributed by atoms with E-state index in [1.54, 1.807) is 0 Å². The first-order valence-electron chi connectivity index (χ1n) is 4.76. The van der Waals surface area contributed by atoms with Gasteiger partial charge in [0.2, 0.25) is 0 Å². The van der Waals surface area contributed by atoms with E-state index < -0.39 is 0 Å². The molecule has 78 valence electrons. The molecule has 14 heavy (non-hydrogen) atoms. The van der Waals surface area contributed by atoms with Crippen molar-refractivity contribution in [2.45, 2.75) is 25.9 Å². The topological polar surface area (TPSA) is 32.3 Å². The summed E-state index contributed by atoms with van der Waals surface area (Å²) in [6, 6.07) is 8.60. The number of aliphatic hydroxyl groups excluding tert-OH is 1. The maximum absolute atomic E-state index is 8.90. The Balaban J connectivity index is 2.60. The van der Waals surface area contributed by atoms with Gasteiger partial charge in [0.15, 0.2) is 0 Å². The molecular formula is C11H16BrNO. The van der Waals surface area contributed by atoms with Gasteiger partial charge in [-0.15, -0.1) is 0 Å². The molecule has 1 aromatic carbocycles. The first kappa shape index (κ1) is 11.7. The van der Waals surface area contributed by atoms with E-state index in [1.165, 1.54) is 5.56 Å². The van der Waals surface area contributed by atoms with Crippen LogP contribution in [0.4, 0.5) is 0 Å². The summed E-state index contributed by atoms with van der Waals surface area (Å²) in [5, 5.41) is 12.2. The average Bonchev–Trinajstić information content (AvgIpc) is 2.18. The quantitative estimate of drug-likeness (QED) is 0.869. The Kier molecular flexibility index (Phi) is 4.58. The molecule has 0 amide bonds. The lowest BCUT2D eigenvalue weighted by Crippen LogP contribution is -2.31. The minimum absolute atomic E-state index is 0.133. The molecule has 1 aromatic rings. The van der Waals surface area contributed by atoms with E-state index in [0.717, 1.165) is 4.47 Å². The van der Waals surface area contributed by atoms with Crippen molar-refractivity contribution in [1.82, 2.24) is 5.32 Å². The minimum Gasteiger partial charge on any atom is -0.395 e. The Hall–Kier alpha value is -0.380. The first-order valence-corrected chi connectivity index (χ1v) is 5.55. The number of rotatable bonds is 4. The van der Waals surface area contributed by atoms with Gasteiger partial charge < -0.3 is 10.4 Å². The number of halogens is 1. The molecule has 0 aliphatic heterocycles. The van der Waals surface area contributed by atoms with Gasteiger partial charge in [0.1, 0.15) is 0 Å². The monoisotopic (exact) mass is 257 g/mol. The second-order valence-electron chi connectivity index (χ2n) is 3.52. The second-order valence-corrected chi connectivity index (χ2v) is 4.44. The number of hydrogen-bond acceptors (Lipinski definition) is 2. The maximum Gasteiger partial charge on any atom is 0.0582 e. The molecule has 0 aliphatic carbocycles. The smallest absolute Gasteiger partial charge is 0.0582 e. The Morgan fingerprint density at radius 1 is 1.29 bits per heavy atom. The van der Waals surface area contributed by atoms with Crippen LogP contribution in [0.1, 0.15) is 25.5 Å². The van der Waals surface area contributed by atoms with E-state index >= 15 is 0 Å². The van der Waals surface area contributed by atoms with Gasteiger partial charge in [0, 0.05) is 16.6 Å². The Labute approximate surface area is 93.5 Å². The molecule has 0 radical (unpaired) electrons. The molecule has 2 nitrogen and oxygen atoms in total. The van der Waals surface area contributed by atoms with Gasteiger partial charge >= 0.3 is 0 Å². The van der Waals surface area contributed by atoms with Gasteiger partial charge in [-0.2, -0.15) is 0 Å². The van der Waals surface area contributed by atoms with Crippen molar-refractivity contribution in [3.05, 3.63) is 34.3 Å². The molecule has 0 bridgehead atoms. The number of nitrogens with one attached hydrogen (secondary N) is 1. The van der Waals surface area contributed by atoms with Crippen LogP contribution >= 0.6 is 15.9 Å². The molecule has 0 saturated heterocycles. The van der Waals surface area contributed by atoms with Crippen molar-refractivity contribution < 1.29 is 5.11 Å². The van der Waals surface area contributed by atoms with Gasteiger partial charge in [-0.1, -0.05) is 28.1 Å². The summed E-state index contributed by atoms with van der Waals surface area (Å²) in [6.07, 6.45) is 0. The molecule has 2 atom stereocenters. The molecule has 1 rings (SSSR count). The fraction of sp³-hybridized carbons (Fsp3) is 0.455. The zero-order valence-corrected chi connectivity index (χ0v) is 10.1. The molecule has 0 fully saturated rings. The van der Waals surface area contributed by atoms with E-state index in [1.807, 2.05) is 19.1 Å². The summed E-state index contributed by atoms with van der Waals surface area (Å²) in [5.41, 5.74) is 1.23. The van der Waals surface area contributed by atoms with Crippen molar-refractivity contribution in [3.63, 3.8) is 0 Å². The largest absolute Gasteiger partial charge is 0.395 e. The molecule has 0 heterocycles. The molecule has 3 heteroatoms. The molecule has 0 spiro atoms. The predicted octanol–water partition coefficient (Wildman–Crippen LogP) is 2.48. The first-order chi connectivity index (χ1) is 6.63. The van der Waals surface area contributed by atoms with Crippen molar-refractivity contribution >= 4 is 15.9 Å². The van der Waals surface area contributed by atoms with E-state index in [0.29, 0.717) is 0 Å². The standard InChI is InChI=1S/C11H16BrNO/c1-8(7-14)13-9(2)10-3-5-11(12)6-4-10/h3-6,8-9,13-14H,7H2,1-2H3/t8-,9+/m1/s1. The highest BCUT2D eigenvalue weighted by Gasteiger charge is 2.07. The zero-order chi connectivity index (χ0) is 10.6. The van der Waals surface area contributed by atoms with Crippen LogP contribution in [0.25, 0.3) is 0 Å². The third-order valence-corrected chi connectivity index (χ3v) is 2.71. The van der Waals surface area contributed by atoms with E-state index in [9.17, 15) is 0 Å². The van der Waals surface area contributed by atoms with Crippen molar-refractivity contribution in [3.8, 4) is 0 Å². The van der Waals surface area contributed by atoms with Crippen LogP contribution in [-0.4, -0.2) is 17.8 Å². The third-order valence-electron chi connectivity index (χ3n) is 2.18. The van der Waals surface area contributed by atoms with Crippen LogP contribution in [0.15, 0.2) is 28.7 Å². The summed E-state index contributed by atoms with van der Waals surface area (Å²) in [5.74, 6) is 0. The lowest BCUT2D eigenvalue weighted by molar-refractivity contribution is 0.243. The van der Waals surface area contributed by atoms with E-state index in [-0.39, 0.29) is 18.7 Å². The molecule has 0 saturated carbocycles. The van der Waals surface area contributed by atoms with Gasteiger partial charge in [0.25, 0.3) is 0 Å².